The van der Waals surface area contributed by atoms with Crippen LogP contribution in [0.2, 0.25) is 0 Å². The van der Waals surface area contributed by atoms with Gasteiger partial charge in [-0.25, -0.2) is 0 Å². The highest BCUT2D eigenvalue weighted by Gasteiger charge is 2.24. The van der Waals surface area contributed by atoms with Crippen molar-refractivity contribution in [1.29, 1.82) is 0 Å². The summed E-state index contributed by atoms with van der Waals surface area (Å²) < 4.78 is 23.3. The number of aliphatic hydroxyl groups is 1. The number of likely N-dealkylation sites (N-methyl/N-ethyl adjacent to an activating group) is 1. The van der Waals surface area contributed by atoms with E-state index in [1.165, 1.54) is 135 Å². The largest absolute Gasteiger partial charge is 0.756 e. The minimum absolute atomic E-state index is 0.0102. The molecule has 1 amide bonds. The quantitative estimate of drug-likeness (QED) is 0.0273. The summed E-state index contributed by atoms with van der Waals surface area (Å²) in [6.45, 7) is 4.62. The zero-order chi connectivity index (χ0) is 45.0. The molecule has 0 heterocycles. The number of carbonyl (C=O) groups excluding carboxylic acids is 1. The smallest absolute Gasteiger partial charge is 0.268 e. The van der Waals surface area contributed by atoms with Crippen LogP contribution in [0.25, 0.3) is 0 Å². The molecular weight excluding hydrogens is 780 g/mol. The van der Waals surface area contributed by atoms with Crippen LogP contribution in [0.15, 0.2) is 48.6 Å². The Morgan fingerprint density at radius 1 is 0.590 bits per heavy atom. The molecule has 61 heavy (non-hydrogen) atoms. The lowest BCUT2D eigenvalue weighted by molar-refractivity contribution is -0.870. The Kier molecular flexibility index (Phi) is 42.6. The van der Waals surface area contributed by atoms with Crippen molar-refractivity contribution in [2.24, 2.45) is 0 Å². The molecule has 0 saturated heterocycles. The van der Waals surface area contributed by atoms with Crippen molar-refractivity contribution in [1.82, 2.24) is 5.32 Å². The van der Waals surface area contributed by atoms with Gasteiger partial charge in [0, 0.05) is 6.42 Å². The number of hydrogen-bond donors (Lipinski definition) is 2. The average molecular weight is 879 g/mol. The van der Waals surface area contributed by atoms with Crippen LogP contribution >= 0.6 is 7.82 Å². The van der Waals surface area contributed by atoms with Gasteiger partial charge in [0.05, 0.1) is 39.9 Å². The van der Waals surface area contributed by atoms with Crippen LogP contribution in [0.5, 0.6) is 0 Å². The highest BCUT2D eigenvalue weighted by atomic mass is 31.2. The molecule has 0 spiro atoms. The molecule has 3 atom stereocenters. The summed E-state index contributed by atoms with van der Waals surface area (Å²) in [4.78, 5) is 25.4. The molecule has 0 fully saturated rings. The zero-order valence-electron chi connectivity index (χ0n) is 40.6. The van der Waals surface area contributed by atoms with Gasteiger partial charge in [-0.2, -0.15) is 0 Å². The molecule has 0 radical (unpaired) electrons. The van der Waals surface area contributed by atoms with Gasteiger partial charge in [0.1, 0.15) is 13.2 Å². The predicted octanol–water partition coefficient (Wildman–Crippen LogP) is 14.2. The van der Waals surface area contributed by atoms with Crippen molar-refractivity contribution in [3.63, 3.8) is 0 Å². The summed E-state index contributed by atoms with van der Waals surface area (Å²) >= 11 is 0. The zero-order valence-corrected chi connectivity index (χ0v) is 41.5. The predicted molar refractivity (Wildman–Crippen MR) is 261 cm³/mol. The van der Waals surface area contributed by atoms with E-state index in [9.17, 15) is 19.4 Å². The van der Waals surface area contributed by atoms with E-state index in [0.29, 0.717) is 23.9 Å². The first-order chi connectivity index (χ1) is 29.5. The lowest BCUT2D eigenvalue weighted by Gasteiger charge is -2.30. The second-order valence-electron chi connectivity index (χ2n) is 18.5. The number of amides is 1. The summed E-state index contributed by atoms with van der Waals surface area (Å²) in [6, 6.07) is -0.804. The molecule has 358 valence electrons. The number of nitrogens with zero attached hydrogens (tertiary/aromatic N) is 1. The third kappa shape index (κ3) is 46.3. The third-order valence-electron chi connectivity index (χ3n) is 11.3. The molecule has 0 rings (SSSR count). The van der Waals surface area contributed by atoms with Gasteiger partial charge in [0.25, 0.3) is 7.82 Å². The number of allylic oxidation sites excluding steroid dienone is 8. The number of phosphoric acid groups is 1. The van der Waals surface area contributed by atoms with Gasteiger partial charge in [-0.3, -0.25) is 9.36 Å². The maximum Gasteiger partial charge on any atom is 0.268 e. The van der Waals surface area contributed by atoms with E-state index < -0.39 is 20.0 Å². The number of nitrogens with one attached hydrogen (secondary N) is 1. The maximum absolute atomic E-state index is 12.9. The van der Waals surface area contributed by atoms with Crippen LogP contribution in [-0.2, 0) is 18.4 Å². The molecule has 0 saturated carbocycles. The normalized spacial score (nSPS) is 14.5. The standard InChI is InChI=1S/C52H99N2O6P/c1-6-8-10-12-14-16-18-20-22-24-25-26-27-28-29-30-32-34-36-38-40-42-44-46-52(56)53-50(49-60-61(57,58)59-48-47-54(3,4)5)51(55)45-43-41-39-37-35-33-31-23-21-19-17-15-13-11-9-7-2/h8,10,14,16,20,22,25-26,50-51,55H,6-7,9,11-13,15,17-19,21,23-24,27-49H2,1-5H3,(H-,53,56,57,58)/b10-8-,16-14-,22-20-,26-25-. The molecule has 0 aromatic heterocycles. The van der Waals surface area contributed by atoms with Gasteiger partial charge < -0.3 is 28.8 Å². The first-order valence-corrected chi connectivity index (χ1v) is 26.9. The molecule has 9 heteroatoms. The van der Waals surface area contributed by atoms with E-state index in [2.05, 4.69) is 67.8 Å². The molecule has 0 bridgehead atoms. The highest BCUT2D eigenvalue weighted by molar-refractivity contribution is 7.45. The molecular formula is C52H99N2O6P. The highest BCUT2D eigenvalue weighted by Crippen LogP contribution is 2.38. The summed E-state index contributed by atoms with van der Waals surface area (Å²) in [6.07, 6.45) is 55.4. The molecule has 3 unspecified atom stereocenters. The van der Waals surface area contributed by atoms with Crippen LogP contribution in [0, 0.1) is 0 Å². The van der Waals surface area contributed by atoms with Crippen LogP contribution in [-0.4, -0.2) is 68.5 Å². The minimum atomic E-state index is -4.57. The van der Waals surface area contributed by atoms with Crippen LogP contribution in [0.1, 0.15) is 226 Å². The van der Waals surface area contributed by atoms with Crippen LogP contribution < -0.4 is 10.2 Å². The van der Waals surface area contributed by atoms with Gasteiger partial charge in [-0.1, -0.05) is 217 Å². The first-order valence-electron chi connectivity index (χ1n) is 25.5. The molecule has 8 nitrogen and oxygen atoms in total. The SMILES string of the molecule is CC/C=C\C/C=C\C/C=C\C/C=C\CCCCCCCCCCCCC(=O)NC(COP(=O)([O-])OCC[N+](C)(C)C)C(O)CCCCCCCCCCCCCCCCCC. The Labute approximate surface area is 378 Å². The van der Waals surface area contributed by atoms with Crippen molar-refractivity contribution >= 4 is 13.7 Å². The van der Waals surface area contributed by atoms with Crippen LogP contribution in [0.3, 0.4) is 0 Å². The average Bonchev–Trinajstić information content (AvgIpc) is 3.21. The van der Waals surface area contributed by atoms with Crippen LogP contribution in [0.4, 0.5) is 0 Å². The Bertz CT molecular complexity index is 1130. The Morgan fingerprint density at radius 2 is 1.00 bits per heavy atom. The van der Waals surface area contributed by atoms with Crippen molar-refractivity contribution in [3.05, 3.63) is 48.6 Å². The molecule has 0 aliphatic carbocycles. The number of quaternary nitrogens is 1. The monoisotopic (exact) mass is 879 g/mol. The number of rotatable bonds is 46. The fourth-order valence-corrected chi connectivity index (χ4v) is 8.05. The van der Waals surface area contributed by atoms with E-state index in [-0.39, 0.29) is 19.1 Å². The summed E-state index contributed by atoms with van der Waals surface area (Å²) in [5.74, 6) is -0.170. The van der Waals surface area contributed by atoms with E-state index in [4.69, 9.17) is 9.05 Å². The van der Waals surface area contributed by atoms with Gasteiger partial charge >= 0.3 is 0 Å². The van der Waals surface area contributed by atoms with Gasteiger partial charge in [-0.05, 0) is 51.4 Å². The van der Waals surface area contributed by atoms with E-state index in [1.807, 2.05) is 21.1 Å². The summed E-state index contributed by atoms with van der Waals surface area (Å²) in [5, 5.41) is 14.0. The second-order valence-corrected chi connectivity index (χ2v) is 19.9. The van der Waals surface area contributed by atoms with Gasteiger partial charge in [0.2, 0.25) is 5.91 Å². The summed E-state index contributed by atoms with van der Waals surface area (Å²) in [5.41, 5.74) is 0. The number of unbranched alkanes of at least 4 members (excludes halogenated alkanes) is 25. The second kappa shape index (κ2) is 43.7. The van der Waals surface area contributed by atoms with Crippen molar-refractivity contribution in [2.45, 2.75) is 238 Å². The number of carbonyl (C=O) groups is 1. The first kappa shape index (κ1) is 59.5. The Hall–Kier alpha value is -1.54. The van der Waals surface area contributed by atoms with Crippen molar-refractivity contribution < 1.29 is 32.9 Å². The third-order valence-corrected chi connectivity index (χ3v) is 12.3. The molecule has 0 aromatic carbocycles. The Morgan fingerprint density at radius 3 is 1.46 bits per heavy atom. The van der Waals surface area contributed by atoms with Crippen molar-refractivity contribution in [2.75, 3.05) is 40.9 Å². The van der Waals surface area contributed by atoms with E-state index in [0.717, 1.165) is 64.2 Å². The summed E-state index contributed by atoms with van der Waals surface area (Å²) in [7, 11) is 1.30. The number of hydrogen-bond acceptors (Lipinski definition) is 6. The van der Waals surface area contributed by atoms with Gasteiger partial charge in [0.15, 0.2) is 0 Å². The Balaban J connectivity index is 4.25. The van der Waals surface area contributed by atoms with E-state index in [1.54, 1.807) is 0 Å². The van der Waals surface area contributed by atoms with E-state index >= 15 is 0 Å². The molecule has 0 aliphatic heterocycles. The van der Waals surface area contributed by atoms with Crippen molar-refractivity contribution in [3.8, 4) is 0 Å². The lowest BCUT2D eigenvalue weighted by Crippen LogP contribution is -2.46. The fourth-order valence-electron chi connectivity index (χ4n) is 7.33. The number of aliphatic hydroxyl groups excluding tert-OH is 1. The van der Waals surface area contributed by atoms with Gasteiger partial charge in [-0.15, -0.1) is 0 Å². The molecule has 0 aliphatic rings. The maximum atomic E-state index is 12.9. The fraction of sp³-hybridized carbons (Fsp3) is 0.827. The molecule has 0 aromatic rings. The number of phosphoric ester groups is 1. The minimum Gasteiger partial charge on any atom is -0.756 e. The topological polar surface area (TPSA) is 108 Å². The molecule has 2 N–H and O–H groups in total. The lowest BCUT2D eigenvalue weighted by atomic mass is 10.0.